The number of ether oxygens (including phenoxy) is 5. The SMILES string of the molecule is C/C=C/C(=O)C(F)(F)F.CC(=O)OC(=O)C(F)(F)F.COc1ccc(Cn2ccc(C)n2)cc1.COc1ccc(Cn2nc(C)cc2C(=O)O)cc1.COc1ccc(Cn2nc(C)cc2C(N)=O)cc1.COc1ccc(Cn2nc(C)cc2CN)cc1.Cc1ccn[nH]1. The number of nitrogens with two attached hydrogens (primary N) is 2. The molecule has 0 aliphatic carbocycles. The fourth-order valence-electron chi connectivity index (χ4n) is 7.54. The number of benzene rings is 4. The normalized spacial score (nSPS) is 10.5. The molecule has 6 N–H and O–H groups in total. The van der Waals surface area contributed by atoms with Crippen LogP contribution < -0.4 is 30.4 Å². The smallest absolute Gasteiger partial charge is 0.491 e. The number of allylic oxidation sites excluding steroid dienone is 2. The van der Waals surface area contributed by atoms with Gasteiger partial charge in [0.25, 0.3) is 11.7 Å². The third kappa shape index (κ3) is 28.3. The van der Waals surface area contributed by atoms with Gasteiger partial charge in [0.15, 0.2) is 0 Å². The maximum Gasteiger partial charge on any atom is 0.491 e. The predicted molar refractivity (Wildman–Crippen MR) is 332 cm³/mol. The summed E-state index contributed by atoms with van der Waals surface area (Å²) in [6.07, 6.45) is -4.55. The van der Waals surface area contributed by atoms with E-state index in [9.17, 15) is 50.3 Å². The third-order valence-corrected chi connectivity index (χ3v) is 11.9. The number of aromatic nitrogens is 10. The lowest BCUT2D eigenvalue weighted by Crippen LogP contribution is -2.26. The van der Waals surface area contributed by atoms with Crippen LogP contribution in [0.15, 0.2) is 152 Å². The van der Waals surface area contributed by atoms with Gasteiger partial charge < -0.3 is 40.3 Å². The molecule has 1 amide bonds. The largest absolute Gasteiger partial charge is 0.497 e. The van der Waals surface area contributed by atoms with E-state index in [2.05, 4.69) is 47.5 Å². The molecule has 0 saturated heterocycles. The first-order chi connectivity index (χ1) is 43.9. The van der Waals surface area contributed by atoms with E-state index in [1.807, 2.05) is 146 Å². The van der Waals surface area contributed by atoms with Gasteiger partial charge in [0, 0.05) is 31.6 Å². The average Bonchev–Trinajstić information content (AvgIpc) is 1.88. The number of carbonyl (C=O) groups is 5. The molecule has 5 aromatic heterocycles. The number of ketones is 1. The first kappa shape index (κ1) is 76.4. The van der Waals surface area contributed by atoms with E-state index in [4.69, 9.17) is 35.5 Å². The van der Waals surface area contributed by atoms with Gasteiger partial charge in [0.2, 0.25) is 0 Å². The highest BCUT2D eigenvalue weighted by Crippen LogP contribution is 2.20. The highest BCUT2D eigenvalue weighted by Gasteiger charge is 2.42. The first-order valence-electron chi connectivity index (χ1n) is 27.8. The zero-order chi connectivity index (χ0) is 69.4. The number of carboxylic acids is 1. The van der Waals surface area contributed by atoms with Crippen molar-refractivity contribution in [1.29, 1.82) is 0 Å². The number of amides is 1. The molecular formula is C64H74F6N12O11. The fourth-order valence-corrected chi connectivity index (χ4v) is 7.54. The van der Waals surface area contributed by atoms with Crippen molar-refractivity contribution in [1.82, 2.24) is 49.3 Å². The number of aryl methyl sites for hydroxylation is 5. The molecule has 9 rings (SSSR count). The summed E-state index contributed by atoms with van der Waals surface area (Å²) < 4.78 is 97.8. The lowest BCUT2D eigenvalue weighted by molar-refractivity contribution is -0.201. The summed E-state index contributed by atoms with van der Waals surface area (Å²) in [7, 11) is 6.57. The second-order valence-electron chi connectivity index (χ2n) is 19.5. The maximum atomic E-state index is 11.3. The van der Waals surface area contributed by atoms with E-state index in [0.717, 1.165) is 81.8 Å². The van der Waals surface area contributed by atoms with Crippen LogP contribution in [0, 0.1) is 34.6 Å². The third-order valence-electron chi connectivity index (χ3n) is 11.9. The number of aromatic amines is 1. The number of hydrogen-bond donors (Lipinski definition) is 4. The highest BCUT2D eigenvalue weighted by molar-refractivity contribution is 5.94. The Bertz CT molecular complexity index is 3660. The number of carboxylic acid groups (broad SMARTS) is 1. The Morgan fingerprint density at radius 3 is 1.24 bits per heavy atom. The van der Waals surface area contributed by atoms with Gasteiger partial charge in [-0.3, -0.25) is 38.2 Å². The Labute approximate surface area is 532 Å². The van der Waals surface area contributed by atoms with Crippen molar-refractivity contribution in [2.24, 2.45) is 11.5 Å². The van der Waals surface area contributed by atoms with E-state index >= 15 is 0 Å². The second-order valence-corrected chi connectivity index (χ2v) is 19.5. The van der Waals surface area contributed by atoms with Crippen LogP contribution in [-0.2, 0) is 51.8 Å². The van der Waals surface area contributed by atoms with Crippen molar-refractivity contribution in [3.8, 4) is 23.0 Å². The van der Waals surface area contributed by atoms with Crippen LogP contribution in [0.2, 0.25) is 0 Å². The number of rotatable bonds is 16. The minimum absolute atomic E-state index is 0.198. The van der Waals surface area contributed by atoms with E-state index in [1.165, 1.54) is 22.7 Å². The van der Waals surface area contributed by atoms with Gasteiger partial charge in [0.1, 0.15) is 34.4 Å². The van der Waals surface area contributed by atoms with Crippen LogP contribution >= 0.6 is 0 Å². The quantitative estimate of drug-likeness (QED) is 0.0302. The van der Waals surface area contributed by atoms with Crippen molar-refractivity contribution >= 4 is 29.6 Å². The van der Waals surface area contributed by atoms with Crippen LogP contribution in [0.4, 0.5) is 26.3 Å². The molecule has 29 heteroatoms. The molecule has 498 valence electrons. The maximum absolute atomic E-state index is 11.3. The average molecular weight is 1300 g/mol. The van der Waals surface area contributed by atoms with Crippen LogP contribution in [0.25, 0.3) is 0 Å². The molecule has 0 spiro atoms. The van der Waals surface area contributed by atoms with Gasteiger partial charge in [-0.2, -0.15) is 51.8 Å². The first-order valence-corrected chi connectivity index (χ1v) is 27.8. The molecule has 93 heavy (non-hydrogen) atoms. The van der Waals surface area contributed by atoms with Gasteiger partial charge in [-0.1, -0.05) is 54.6 Å². The van der Waals surface area contributed by atoms with Crippen molar-refractivity contribution in [3.63, 3.8) is 0 Å². The number of carbonyl (C=O) groups excluding carboxylic acids is 4. The lowest BCUT2D eigenvalue weighted by atomic mass is 10.2. The Kier molecular flexibility index (Phi) is 31.2. The molecule has 5 heterocycles. The lowest BCUT2D eigenvalue weighted by Gasteiger charge is -2.06. The van der Waals surface area contributed by atoms with Gasteiger partial charge in [0.05, 0.1) is 83.1 Å². The van der Waals surface area contributed by atoms with Gasteiger partial charge in [-0.15, -0.1) is 0 Å². The monoisotopic (exact) mass is 1300 g/mol. The molecule has 0 unspecified atom stereocenters. The van der Waals surface area contributed by atoms with Crippen LogP contribution in [0.3, 0.4) is 0 Å². The van der Waals surface area contributed by atoms with E-state index in [-0.39, 0.29) is 5.69 Å². The number of H-pyrrole nitrogens is 1. The predicted octanol–water partition coefficient (Wildman–Crippen LogP) is 10.3. The number of primary amides is 1. The second kappa shape index (κ2) is 38.0. The van der Waals surface area contributed by atoms with E-state index in [1.54, 1.807) is 58.4 Å². The molecule has 23 nitrogen and oxygen atoms in total. The summed E-state index contributed by atoms with van der Waals surface area (Å²) in [5.74, 6) is -3.69. The molecule has 0 aliphatic heterocycles. The van der Waals surface area contributed by atoms with E-state index < -0.39 is 42.0 Å². The number of nitrogens with zero attached hydrogens (tertiary/aromatic N) is 9. The number of halogens is 6. The highest BCUT2D eigenvalue weighted by atomic mass is 19.4. The summed E-state index contributed by atoms with van der Waals surface area (Å²) in [6, 6.07) is 40.3. The van der Waals surface area contributed by atoms with Crippen molar-refractivity contribution in [2.45, 2.75) is 93.5 Å². The summed E-state index contributed by atoms with van der Waals surface area (Å²) in [5.41, 5.74) is 21.7. The summed E-state index contributed by atoms with van der Waals surface area (Å²) >= 11 is 0. The van der Waals surface area contributed by atoms with Crippen LogP contribution in [0.5, 0.6) is 23.0 Å². The standard InChI is InChI=1S/C13H15N3O2.C13H17N3O.C13H14N2O3.C12H14N2O.C5H5F3O.C4H3F3O3.C4H6N2/c1-9-7-12(13(14)17)16(15-9)8-10-3-5-11(18-2)6-4-10;1-10-7-12(8-14)16(15-10)9-11-3-5-13(17-2)6-4-11;1-9-7-12(13(16)17)15(14-9)8-10-3-5-11(18-2)6-4-10;1-10-7-8-14(13-10)9-11-3-5-12(15-2)6-4-11;1-2-3-4(9)5(6,7)8;1-2(8)10-3(9)4(5,6)7;1-4-2-3-5-6-4/h3-7H,8H2,1-2H3,(H2,14,17);3-7H,8-9,14H2,1-2H3;3-7H,8H2,1-2H3,(H,16,17);3-8H,9H2,1-2H3;2-3H,1H3;1H3;2-3H,1H3,(H,5,6)/b;;;;3-2+;;. The molecule has 0 radical (unpaired) electrons. The summed E-state index contributed by atoms with van der Waals surface area (Å²) in [6.45, 7) is 14.6. The zero-order valence-electron chi connectivity index (χ0n) is 52.9. The molecule has 0 atom stereocenters. The minimum Gasteiger partial charge on any atom is -0.497 e. The Hall–Kier alpha value is -10.8. The number of aromatic carboxylic acids is 1. The molecular weight excluding hydrogens is 1230 g/mol. The summed E-state index contributed by atoms with van der Waals surface area (Å²) in [5, 5.41) is 32.7. The van der Waals surface area contributed by atoms with Gasteiger partial charge in [-0.25, -0.2) is 9.59 Å². The fraction of sp³-hybridized carbons (Fsp3) is 0.281. The van der Waals surface area contributed by atoms with Crippen molar-refractivity contribution in [2.75, 3.05) is 28.4 Å². The number of hydrogen-bond acceptors (Lipinski definition) is 16. The minimum atomic E-state index is -5.09. The van der Waals surface area contributed by atoms with Crippen molar-refractivity contribution in [3.05, 3.63) is 220 Å². The molecule has 0 aliphatic rings. The number of esters is 2. The van der Waals surface area contributed by atoms with Gasteiger partial charge in [-0.05, 0) is 149 Å². The Morgan fingerprint density at radius 2 is 0.946 bits per heavy atom. The molecule has 9 aromatic rings. The van der Waals surface area contributed by atoms with Crippen LogP contribution in [-0.4, -0.2) is 125 Å². The van der Waals surface area contributed by atoms with E-state index in [0.29, 0.717) is 44.0 Å². The number of alkyl halides is 6. The number of methoxy groups -OCH3 is 4. The van der Waals surface area contributed by atoms with Crippen molar-refractivity contribution < 1.29 is 79.1 Å². The molecule has 0 bridgehead atoms. The molecule has 0 saturated carbocycles. The Morgan fingerprint density at radius 1 is 0.548 bits per heavy atom. The Balaban J connectivity index is 0.000000290. The topological polar surface area (TPSA) is 304 Å². The zero-order valence-corrected chi connectivity index (χ0v) is 52.9. The summed E-state index contributed by atoms with van der Waals surface area (Å²) in [4.78, 5) is 51.6. The number of nitrogens with one attached hydrogen (secondary N) is 1. The van der Waals surface area contributed by atoms with Crippen LogP contribution in [0.1, 0.15) is 91.2 Å². The molecule has 0 fully saturated rings. The molecule has 4 aromatic carbocycles. The van der Waals surface area contributed by atoms with Gasteiger partial charge >= 0.3 is 30.3 Å².